The maximum atomic E-state index is 12.8. The van der Waals surface area contributed by atoms with Crippen LogP contribution in [0.4, 0.5) is 5.69 Å². The van der Waals surface area contributed by atoms with Crippen LogP contribution in [0.15, 0.2) is 48.5 Å². The molecule has 2 N–H and O–H groups in total. The van der Waals surface area contributed by atoms with Crippen LogP contribution in [-0.2, 0) is 11.2 Å². The predicted molar refractivity (Wildman–Crippen MR) is 99.5 cm³/mol. The first-order chi connectivity index (χ1) is 12.0. The largest absolute Gasteiger partial charge is 0.345 e. The van der Waals surface area contributed by atoms with E-state index in [1.807, 2.05) is 6.07 Å². The smallest absolute Gasteiger partial charge is 0.251 e. The molecule has 0 heterocycles. The molecule has 2 amide bonds. The molecule has 130 valence electrons. The first-order valence-corrected chi connectivity index (χ1v) is 8.81. The van der Waals surface area contributed by atoms with Crippen molar-refractivity contribution in [3.8, 4) is 0 Å². The summed E-state index contributed by atoms with van der Waals surface area (Å²) in [4.78, 5) is 24.0. The van der Waals surface area contributed by atoms with E-state index in [-0.39, 0.29) is 17.9 Å². The van der Waals surface area contributed by atoms with E-state index in [1.165, 1.54) is 18.1 Å². The molecule has 2 aromatic carbocycles. The average Bonchev–Trinajstić information content (AvgIpc) is 2.74. The summed E-state index contributed by atoms with van der Waals surface area (Å²) in [7, 11) is 0. The van der Waals surface area contributed by atoms with E-state index in [0.29, 0.717) is 17.2 Å². The Bertz CT molecular complexity index is 785. The number of carbonyl (C=O) groups is 2. The van der Waals surface area contributed by atoms with Gasteiger partial charge in [0.25, 0.3) is 5.91 Å². The number of fused-ring (bicyclic) bond motifs is 1. The number of rotatable bonds is 3. The van der Waals surface area contributed by atoms with Crippen molar-refractivity contribution in [3.05, 3.63) is 65.2 Å². The van der Waals surface area contributed by atoms with Gasteiger partial charge in [-0.3, -0.25) is 9.59 Å². The summed E-state index contributed by atoms with van der Waals surface area (Å²) in [5.41, 5.74) is 3.73. The van der Waals surface area contributed by atoms with Crippen molar-refractivity contribution in [2.75, 3.05) is 5.32 Å². The lowest BCUT2D eigenvalue weighted by molar-refractivity contribution is -0.114. The SMILES string of the molecule is CC(=O)Nc1cccc(C(=O)N[C@H]2c3ccccc3CCC[C@@H]2C)c1. The maximum Gasteiger partial charge on any atom is 0.251 e. The summed E-state index contributed by atoms with van der Waals surface area (Å²) < 4.78 is 0. The quantitative estimate of drug-likeness (QED) is 0.830. The highest BCUT2D eigenvalue weighted by Gasteiger charge is 2.26. The van der Waals surface area contributed by atoms with E-state index in [9.17, 15) is 9.59 Å². The molecule has 0 saturated carbocycles. The van der Waals surface area contributed by atoms with Crippen LogP contribution in [0.2, 0.25) is 0 Å². The zero-order valence-electron chi connectivity index (χ0n) is 14.7. The van der Waals surface area contributed by atoms with Crippen LogP contribution in [0.5, 0.6) is 0 Å². The number of aryl methyl sites for hydroxylation is 1. The molecule has 0 fully saturated rings. The zero-order chi connectivity index (χ0) is 17.8. The van der Waals surface area contributed by atoms with E-state index >= 15 is 0 Å². The molecule has 2 aromatic rings. The Hall–Kier alpha value is -2.62. The molecule has 2 atom stereocenters. The fourth-order valence-electron chi connectivity index (χ4n) is 3.54. The summed E-state index contributed by atoms with van der Waals surface area (Å²) in [5.74, 6) is 0.121. The van der Waals surface area contributed by atoms with Gasteiger partial charge in [0.05, 0.1) is 6.04 Å². The normalized spacial score (nSPS) is 19.4. The first kappa shape index (κ1) is 17.2. The molecule has 4 heteroatoms. The van der Waals surface area contributed by atoms with E-state index < -0.39 is 0 Å². The summed E-state index contributed by atoms with van der Waals surface area (Å²) in [6, 6.07) is 15.4. The molecule has 1 aliphatic carbocycles. The lowest BCUT2D eigenvalue weighted by atomic mass is 9.92. The number of hydrogen-bond acceptors (Lipinski definition) is 2. The van der Waals surface area contributed by atoms with Gasteiger partial charge in [0.2, 0.25) is 5.91 Å². The minimum atomic E-state index is -0.149. The van der Waals surface area contributed by atoms with Gasteiger partial charge in [0.1, 0.15) is 0 Å². The van der Waals surface area contributed by atoms with E-state index in [4.69, 9.17) is 0 Å². The maximum absolute atomic E-state index is 12.8. The molecule has 0 bridgehead atoms. The highest BCUT2D eigenvalue weighted by atomic mass is 16.2. The Labute approximate surface area is 148 Å². The Balaban J connectivity index is 1.83. The third kappa shape index (κ3) is 4.08. The van der Waals surface area contributed by atoms with Crippen LogP contribution in [0.25, 0.3) is 0 Å². The van der Waals surface area contributed by atoms with E-state index in [2.05, 4.69) is 35.8 Å². The minimum Gasteiger partial charge on any atom is -0.345 e. The van der Waals surface area contributed by atoms with Gasteiger partial charge in [-0.05, 0) is 54.5 Å². The summed E-state index contributed by atoms with van der Waals surface area (Å²) in [5, 5.41) is 5.93. The van der Waals surface area contributed by atoms with Gasteiger partial charge < -0.3 is 10.6 Å². The van der Waals surface area contributed by atoms with Crippen LogP contribution in [0, 0.1) is 5.92 Å². The highest BCUT2D eigenvalue weighted by Crippen LogP contribution is 2.33. The highest BCUT2D eigenvalue weighted by molar-refractivity contribution is 5.97. The van der Waals surface area contributed by atoms with Gasteiger partial charge >= 0.3 is 0 Å². The number of anilines is 1. The summed E-state index contributed by atoms with van der Waals surface area (Å²) in [6.45, 7) is 3.65. The predicted octanol–water partition coefficient (Wildman–Crippen LogP) is 4.09. The van der Waals surface area contributed by atoms with E-state index in [1.54, 1.807) is 24.3 Å². The Kier molecular flexibility index (Phi) is 5.17. The second-order valence-electron chi connectivity index (χ2n) is 6.78. The van der Waals surface area contributed by atoms with Gasteiger partial charge in [-0.15, -0.1) is 0 Å². The van der Waals surface area contributed by atoms with Crippen molar-refractivity contribution < 1.29 is 9.59 Å². The first-order valence-electron chi connectivity index (χ1n) is 8.81. The molecular weight excluding hydrogens is 312 g/mol. The van der Waals surface area contributed by atoms with Crippen molar-refractivity contribution in [2.24, 2.45) is 5.92 Å². The molecule has 0 aliphatic heterocycles. The van der Waals surface area contributed by atoms with Gasteiger partial charge in [-0.1, -0.05) is 37.3 Å². The van der Waals surface area contributed by atoms with E-state index in [0.717, 1.165) is 19.3 Å². The minimum absolute atomic E-state index is 0.00984. The van der Waals surface area contributed by atoms with Crippen LogP contribution in [0.1, 0.15) is 54.2 Å². The van der Waals surface area contributed by atoms with Crippen LogP contribution < -0.4 is 10.6 Å². The fourth-order valence-corrected chi connectivity index (χ4v) is 3.54. The topological polar surface area (TPSA) is 58.2 Å². The Morgan fingerprint density at radius 2 is 1.88 bits per heavy atom. The lowest BCUT2D eigenvalue weighted by Crippen LogP contribution is -2.32. The second kappa shape index (κ2) is 7.51. The molecule has 25 heavy (non-hydrogen) atoms. The molecule has 3 rings (SSSR count). The molecule has 1 aliphatic rings. The van der Waals surface area contributed by atoms with Crippen molar-refractivity contribution >= 4 is 17.5 Å². The molecule has 0 saturated heterocycles. The van der Waals surface area contributed by atoms with Crippen molar-refractivity contribution in [1.29, 1.82) is 0 Å². The monoisotopic (exact) mass is 336 g/mol. The number of amides is 2. The number of benzene rings is 2. The molecule has 0 aromatic heterocycles. The van der Waals surface area contributed by atoms with Gasteiger partial charge in [-0.25, -0.2) is 0 Å². The van der Waals surface area contributed by atoms with Crippen molar-refractivity contribution in [1.82, 2.24) is 5.32 Å². The summed E-state index contributed by atoms with van der Waals surface area (Å²) in [6.07, 6.45) is 3.29. The third-order valence-electron chi connectivity index (χ3n) is 4.80. The number of hydrogen-bond donors (Lipinski definition) is 2. The molecular formula is C21H24N2O2. The van der Waals surface area contributed by atoms with Gasteiger partial charge in [0, 0.05) is 18.2 Å². The van der Waals surface area contributed by atoms with Crippen molar-refractivity contribution in [2.45, 2.75) is 39.2 Å². The number of carbonyl (C=O) groups excluding carboxylic acids is 2. The fraction of sp³-hybridized carbons (Fsp3) is 0.333. The van der Waals surface area contributed by atoms with Crippen LogP contribution in [-0.4, -0.2) is 11.8 Å². The average molecular weight is 336 g/mol. The molecule has 0 spiro atoms. The number of nitrogens with one attached hydrogen (secondary N) is 2. The van der Waals surface area contributed by atoms with Gasteiger partial charge in [0.15, 0.2) is 0 Å². The molecule has 4 nitrogen and oxygen atoms in total. The standard InChI is InChI=1S/C21H24N2O2/c1-14-7-5-9-16-8-3-4-12-19(16)20(14)23-21(25)17-10-6-11-18(13-17)22-15(2)24/h3-4,6,8,10-14,20H,5,7,9H2,1-2H3,(H,22,24)(H,23,25)/t14-,20+/m0/s1. The molecule has 0 unspecified atom stereocenters. The summed E-state index contributed by atoms with van der Waals surface area (Å²) >= 11 is 0. The Morgan fingerprint density at radius 3 is 2.68 bits per heavy atom. The van der Waals surface area contributed by atoms with Crippen molar-refractivity contribution in [3.63, 3.8) is 0 Å². The van der Waals surface area contributed by atoms with Crippen LogP contribution >= 0.6 is 0 Å². The van der Waals surface area contributed by atoms with Crippen LogP contribution in [0.3, 0.4) is 0 Å². The lowest BCUT2D eigenvalue weighted by Gasteiger charge is -2.25. The van der Waals surface area contributed by atoms with Gasteiger partial charge in [-0.2, -0.15) is 0 Å². The second-order valence-corrected chi connectivity index (χ2v) is 6.78. The molecule has 0 radical (unpaired) electrons. The third-order valence-corrected chi connectivity index (χ3v) is 4.80. The Morgan fingerprint density at radius 1 is 1.08 bits per heavy atom. The zero-order valence-corrected chi connectivity index (χ0v) is 14.7.